The van der Waals surface area contributed by atoms with Gasteiger partial charge in [-0.1, -0.05) is 36.0 Å². The maximum Gasteiger partial charge on any atom is 0.242 e. The van der Waals surface area contributed by atoms with Gasteiger partial charge in [0, 0.05) is 18.7 Å². The molecule has 1 N–H and O–H groups in total. The number of nitrogens with one attached hydrogen (secondary N) is 1. The first-order valence-electron chi connectivity index (χ1n) is 9.80. The third-order valence-corrected chi connectivity index (χ3v) is 6.34. The largest absolute Gasteiger partial charge is 0.326 e. The van der Waals surface area contributed by atoms with Gasteiger partial charge in [-0.15, -0.1) is 0 Å². The average molecular weight is 410 g/mol. The van der Waals surface area contributed by atoms with E-state index in [-0.39, 0.29) is 18.2 Å². The molecule has 1 saturated heterocycles. The molecule has 1 fully saturated rings. The van der Waals surface area contributed by atoms with Gasteiger partial charge >= 0.3 is 0 Å². The molecular formula is C23H27N3O2S. The molecule has 152 valence electrons. The molecule has 0 bridgehead atoms. The van der Waals surface area contributed by atoms with Crippen LogP contribution in [0.2, 0.25) is 0 Å². The van der Waals surface area contributed by atoms with Crippen molar-refractivity contribution in [1.82, 2.24) is 4.90 Å². The van der Waals surface area contributed by atoms with Gasteiger partial charge in [-0.25, -0.2) is 4.99 Å². The van der Waals surface area contributed by atoms with Crippen molar-refractivity contribution in [3.05, 3.63) is 58.7 Å². The van der Waals surface area contributed by atoms with E-state index in [1.807, 2.05) is 64.1 Å². The van der Waals surface area contributed by atoms with E-state index < -0.39 is 5.25 Å². The molecule has 5 nitrogen and oxygen atoms in total. The normalized spacial score (nSPS) is 17.8. The van der Waals surface area contributed by atoms with Crippen LogP contribution in [0.1, 0.15) is 35.6 Å². The number of carbonyl (C=O) groups is 2. The molecule has 2 aromatic rings. The zero-order valence-electron chi connectivity index (χ0n) is 17.6. The zero-order valence-corrected chi connectivity index (χ0v) is 18.4. The molecule has 6 heteroatoms. The zero-order chi connectivity index (χ0) is 21.1. The second kappa shape index (κ2) is 8.82. The summed E-state index contributed by atoms with van der Waals surface area (Å²) in [5.41, 5.74) is 6.03. The summed E-state index contributed by atoms with van der Waals surface area (Å²) in [4.78, 5) is 31.8. The van der Waals surface area contributed by atoms with Gasteiger partial charge in [0.2, 0.25) is 11.8 Å². The van der Waals surface area contributed by atoms with Crippen molar-refractivity contribution in [3.8, 4) is 0 Å². The highest BCUT2D eigenvalue weighted by Gasteiger charge is 2.38. The predicted octanol–water partition coefficient (Wildman–Crippen LogP) is 4.90. The molecule has 2 aromatic carbocycles. The number of rotatable bonds is 5. The van der Waals surface area contributed by atoms with Gasteiger partial charge in [0.1, 0.15) is 5.25 Å². The van der Waals surface area contributed by atoms with Crippen LogP contribution in [0.3, 0.4) is 0 Å². The highest BCUT2D eigenvalue weighted by molar-refractivity contribution is 8.15. The SMILES string of the molecule is CCN1C(=O)C(CC(=O)Nc2c(C)cccc2C)SC1=Nc1ccc(C)c(C)c1. The summed E-state index contributed by atoms with van der Waals surface area (Å²) in [7, 11) is 0. The molecule has 2 amide bonds. The summed E-state index contributed by atoms with van der Waals surface area (Å²) < 4.78 is 0. The number of anilines is 1. The molecule has 1 aliphatic rings. The Bertz CT molecular complexity index is 964. The van der Waals surface area contributed by atoms with Crippen molar-refractivity contribution < 1.29 is 9.59 Å². The van der Waals surface area contributed by atoms with Crippen molar-refractivity contribution in [1.29, 1.82) is 0 Å². The topological polar surface area (TPSA) is 61.8 Å². The first kappa shape index (κ1) is 21.1. The Kier molecular flexibility index (Phi) is 6.42. The van der Waals surface area contributed by atoms with Gasteiger partial charge in [-0.2, -0.15) is 0 Å². The van der Waals surface area contributed by atoms with E-state index in [1.54, 1.807) is 4.90 Å². The molecule has 0 aromatic heterocycles. The number of hydrogen-bond donors (Lipinski definition) is 1. The van der Waals surface area contributed by atoms with Crippen LogP contribution in [0.15, 0.2) is 41.4 Å². The fourth-order valence-electron chi connectivity index (χ4n) is 3.29. The second-order valence-corrected chi connectivity index (χ2v) is 8.54. The van der Waals surface area contributed by atoms with Crippen LogP contribution in [0, 0.1) is 27.7 Å². The van der Waals surface area contributed by atoms with E-state index in [9.17, 15) is 9.59 Å². The van der Waals surface area contributed by atoms with E-state index in [4.69, 9.17) is 0 Å². The Balaban J connectivity index is 1.75. The lowest BCUT2D eigenvalue weighted by molar-refractivity contribution is -0.128. The number of carbonyl (C=O) groups excluding carboxylic acids is 2. The Morgan fingerprint density at radius 3 is 2.38 bits per heavy atom. The van der Waals surface area contributed by atoms with E-state index in [2.05, 4.69) is 17.2 Å². The van der Waals surface area contributed by atoms with E-state index in [1.165, 1.54) is 17.3 Å². The minimum absolute atomic E-state index is 0.0586. The van der Waals surface area contributed by atoms with Crippen LogP contribution < -0.4 is 5.32 Å². The third-order valence-electron chi connectivity index (χ3n) is 5.17. The summed E-state index contributed by atoms with van der Waals surface area (Å²) >= 11 is 1.37. The summed E-state index contributed by atoms with van der Waals surface area (Å²) in [5.74, 6) is -0.214. The summed E-state index contributed by atoms with van der Waals surface area (Å²) in [6, 6.07) is 11.9. The quantitative estimate of drug-likeness (QED) is 0.764. The maximum absolute atomic E-state index is 12.8. The first-order chi connectivity index (χ1) is 13.8. The third kappa shape index (κ3) is 4.70. The first-order valence-corrected chi connectivity index (χ1v) is 10.7. The van der Waals surface area contributed by atoms with Crippen molar-refractivity contribution in [2.24, 2.45) is 4.99 Å². The van der Waals surface area contributed by atoms with Crippen molar-refractivity contribution in [2.45, 2.75) is 46.3 Å². The lowest BCUT2D eigenvalue weighted by Gasteiger charge is -2.14. The predicted molar refractivity (Wildman–Crippen MR) is 121 cm³/mol. The highest BCUT2D eigenvalue weighted by Crippen LogP contribution is 2.32. The maximum atomic E-state index is 12.8. The number of benzene rings is 2. The summed E-state index contributed by atoms with van der Waals surface area (Å²) in [5, 5.41) is 3.18. The van der Waals surface area contributed by atoms with E-state index >= 15 is 0 Å². The standard InChI is InChI=1S/C23H27N3O2S/c1-6-26-22(28)19(13-20(27)25-21-15(3)8-7-9-16(21)4)29-23(26)24-18-11-10-14(2)17(5)12-18/h7-12,19H,6,13H2,1-5H3,(H,25,27). The van der Waals surface area contributed by atoms with E-state index in [0.29, 0.717) is 11.7 Å². The number of aliphatic imine (C=N–C) groups is 1. The molecule has 1 unspecified atom stereocenters. The molecule has 0 saturated carbocycles. The molecule has 3 rings (SSSR count). The van der Waals surface area contributed by atoms with Gasteiger partial charge in [0.25, 0.3) is 0 Å². The van der Waals surface area contributed by atoms with Crippen molar-refractivity contribution in [3.63, 3.8) is 0 Å². The van der Waals surface area contributed by atoms with Crippen LogP contribution >= 0.6 is 11.8 Å². The fraction of sp³-hybridized carbons (Fsp3) is 0.348. The number of para-hydroxylation sites is 1. The Morgan fingerprint density at radius 2 is 1.76 bits per heavy atom. The summed E-state index contributed by atoms with van der Waals surface area (Å²) in [6.07, 6.45) is 0.125. The van der Waals surface area contributed by atoms with Gasteiger partial charge in [-0.3, -0.25) is 14.5 Å². The van der Waals surface area contributed by atoms with Crippen LogP contribution in [-0.4, -0.2) is 33.7 Å². The van der Waals surface area contributed by atoms with E-state index in [0.717, 1.165) is 28.1 Å². The molecule has 1 heterocycles. The molecule has 0 aliphatic carbocycles. The number of nitrogens with zero attached hydrogens (tertiary/aromatic N) is 2. The molecule has 0 radical (unpaired) electrons. The van der Waals surface area contributed by atoms with Gasteiger partial charge in [-0.05, 0) is 69.0 Å². The van der Waals surface area contributed by atoms with Gasteiger partial charge in [0.05, 0.1) is 5.69 Å². The fourth-order valence-corrected chi connectivity index (χ4v) is 4.51. The van der Waals surface area contributed by atoms with Gasteiger partial charge < -0.3 is 5.32 Å². The van der Waals surface area contributed by atoms with Crippen molar-refractivity contribution in [2.75, 3.05) is 11.9 Å². The summed E-state index contributed by atoms with van der Waals surface area (Å²) in [6.45, 7) is 10.5. The number of amidine groups is 1. The Hall–Kier alpha value is -2.60. The molecule has 0 spiro atoms. The molecule has 1 aliphatic heterocycles. The number of aryl methyl sites for hydroxylation is 4. The molecular weight excluding hydrogens is 382 g/mol. The van der Waals surface area contributed by atoms with Crippen LogP contribution in [-0.2, 0) is 9.59 Å². The van der Waals surface area contributed by atoms with Crippen molar-refractivity contribution >= 4 is 40.1 Å². The lowest BCUT2D eigenvalue weighted by Crippen LogP contribution is -2.33. The molecule has 1 atom stereocenters. The van der Waals surface area contributed by atoms with Crippen LogP contribution in [0.4, 0.5) is 11.4 Å². The monoisotopic (exact) mass is 409 g/mol. The number of hydrogen-bond acceptors (Lipinski definition) is 4. The minimum Gasteiger partial charge on any atom is -0.326 e. The number of thioether (sulfide) groups is 1. The van der Waals surface area contributed by atoms with Gasteiger partial charge in [0.15, 0.2) is 5.17 Å². The smallest absolute Gasteiger partial charge is 0.242 e. The second-order valence-electron chi connectivity index (χ2n) is 7.37. The minimum atomic E-state index is -0.454. The number of amides is 2. The Morgan fingerprint density at radius 1 is 1.07 bits per heavy atom. The average Bonchev–Trinajstić information content (AvgIpc) is 2.95. The molecule has 29 heavy (non-hydrogen) atoms. The van der Waals surface area contributed by atoms with Crippen LogP contribution in [0.5, 0.6) is 0 Å². The lowest BCUT2D eigenvalue weighted by atomic mass is 10.1. The Labute approximate surface area is 176 Å². The highest BCUT2D eigenvalue weighted by atomic mass is 32.2. The van der Waals surface area contributed by atoms with Crippen LogP contribution in [0.25, 0.3) is 0 Å².